The van der Waals surface area contributed by atoms with Gasteiger partial charge < -0.3 is 5.11 Å². The van der Waals surface area contributed by atoms with Crippen molar-refractivity contribution >= 4 is 21.7 Å². The lowest BCUT2D eigenvalue weighted by Crippen LogP contribution is -2.28. The minimum absolute atomic E-state index is 0.0764. The first-order valence-electron chi connectivity index (χ1n) is 6.89. The fourth-order valence-electron chi connectivity index (χ4n) is 1.70. The number of nitrogens with one attached hydrogen (secondary N) is 1. The van der Waals surface area contributed by atoms with E-state index in [1.54, 1.807) is 38.1 Å². The minimum Gasteiger partial charge on any atom is -0.481 e. The Morgan fingerprint density at radius 1 is 1.24 bits per heavy atom. The van der Waals surface area contributed by atoms with Gasteiger partial charge in [0, 0.05) is 5.69 Å². The number of hydrogen-bond donors (Lipinski definition) is 2. The molecule has 0 atom stereocenters. The highest BCUT2D eigenvalue weighted by Crippen LogP contribution is 2.25. The molecule has 21 heavy (non-hydrogen) atoms. The molecular weight excluding hydrogens is 290 g/mol. The average molecular weight is 313 g/mol. The van der Waals surface area contributed by atoms with Gasteiger partial charge in [-0.15, -0.1) is 0 Å². The maximum Gasteiger partial charge on any atom is 0.313 e. The number of hydrogen-bond acceptors (Lipinski definition) is 3. The van der Waals surface area contributed by atoms with E-state index in [2.05, 4.69) is 4.72 Å². The topological polar surface area (TPSA) is 83.5 Å². The van der Waals surface area contributed by atoms with Gasteiger partial charge >= 0.3 is 5.97 Å². The Balaban J connectivity index is 2.82. The third kappa shape index (κ3) is 5.04. The Kier molecular flexibility index (Phi) is 5.39. The molecule has 0 saturated carbocycles. The van der Waals surface area contributed by atoms with Crippen molar-refractivity contribution in [3.63, 3.8) is 0 Å². The molecule has 118 valence electrons. The molecule has 0 fully saturated rings. The highest BCUT2D eigenvalue weighted by atomic mass is 32.2. The van der Waals surface area contributed by atoms with Crippen molar-refractivity contribution in [3.05, 3.63) is 29.8 Å². The maximum atomic E-state index is 11.9. The third-order valence-electron chi connectivity index (χ3n) is 3.38. The van der Waals surface area contributed by atoms with Crippen LogP contribution in [0.25, 0.3) is 0 Å². The number of carboxylic acid groups (broad SMARTS) is 1. The molecule has 0 spiro atoms. The molecule has 1 rings (SSSR count). The van der Waals surface area contributed by atoms with E-state index in [9.17, 15) is 13.2 Å². The summed E-state index contributed by atoms with van der Waals surface area (Å²) in [6, 6.07) is 6.45. The Hall–Kier alpha value is -1.56. The molecule has 1 aromatic carbocycles. The predicted octanol–water partition coefficient (Wildman–Crippen LogP) is 2.84. The summed E-state index contributed by atoms with van der Waals surface area (Å²) in [6.07, 6.45) is 0.597. The van der Waals surface area contributed by atoms with Gasteiger partial charge in [0.25, 0.3) is 0 Å². The smallest absolute Gasteiger partial charge is 0.313 e. The largest absolute Gasteiger partial charge is 0.481 e. The summed E-state index contributed by atoms with van der Waals surface area (Å²) >= 11 is 0. The summed E-state index contributed by atoms with van der Waals surface area (Å²) in [4.78, 5) is 11.2. The van der Waals surface area contributed by atoms with Crippen molar-refractivity contribution in [2.24, 2.45) is 5.92 Å². The van der Waals surface area contributed by atoms with Gasteiger partial charge in [-0.05, 0) is 43.9 Å². The second-order valence-corrected chi connectivity index (χ2v) is 7.95. The fraction of sp³-hybridized carbons (Fsp3) is 0.533. The van der Waals surface area contributed by atoms with Crippen LogP contribution in [-0.4, -0.2) is 25.2 Å². The van der Waals surface area contributed by atoms with Crippen LogP contribution in [0.15, 0.2) is 24.3 Å². The SMILES string of the molecule is CC(C)CCS(=O)(=O)Nc1ccc(C(C)(C)C(=O)O)cc1. The molecule has 0 aliphatic carbocycles. The van der Waals surface area contributed by atoms with Gasteiger partial charge in [-0.2, -0.15) is 0 Å². The van der Waals surface area contributed by atoms with E-state index in [1.807, 2.05) is 13.8 Å². The van der Waals surface area contributed by atoms with Gasteiger partial charge in [0.1, 0.15) is 0 Å². The lowest BCUT2D eigenvalue weighted by Gasteiger charge is -2.20. The molecule has 2 N–H and O–H groups in total. The van der Waals surface area contributed by atoms with E-state index < -0.39 is 21.4 Å². The zero-order chi connectivity index (χ0) is 16.3. The molecule has 0 radical (unpaired) electrons. The summed E-state index contributed by atoms with van der Waals surface area (Å²) in [6.45, 7) is 7.16. The Morgan fingerprint density at radius 3 is 2.19 bits per heavy atom. The van der Waals surface area contributed by atoms with Crippen LogP contribution in [0.5, 0.6) is 0 Å². The van der Waals surface area contributed by atoms with Crippen LogP contribution in [-0.2, 0) is 20.2 Å². The standard InChI is InChI=1S/C15H23NO4S/c1-11(2)9-10-21(19,20)16-13-7-5-12(6-8-13)15(3,4)14(17)18/h5-8,11,16H,9-10H2,1-4H3,(H,17,18). The van der Waals surface area contributed by atoms with Crippen LogP contribution >= 0.6 is 0 Å². The van der Waals surface area contributed by atoms with Crippen LogP contribution in [0.4, 0.5) is 5.69 Å². The van der Waals surface area contributed by atoms with Crippen LogP contribution in [0.1, 0.15) is 39.7 Å². The number of carbonyl (C=O) groups is 1. The second kappa shape index (κ2) is 6.47. The maximum absolute atomic E-state index is 11.9. The molecule has 0 amide bonds. The minimum atomic E-state index is -3.36. The number of aliphatic carboxylic acids is 1. The number of rotatable bonds is 7. The number of benzene rings is 1. The van der Waals surface area contributed by atoms with E-state index in [0.29, 0.717) is 23.6 Å². The monoisotopic (exact) mass is 313 g/mol. The molecule has 0 aliphatic rings. The van der Waals surface area contributed by atoms with Crippen LogP contribution in [0.3, 0.4) is 0 Å². The summed E-state index contributed by atoms with van der Waals surface area (Å²) in [7, 11) is -3.36. The molecule has 6 heteroatoms. The molecule has 0 bridgehead atoms. The van der Waals surface area contributed by atoms with Gasteiger partial charge in [-0.25, -0.2) is 8.42 Å². The Labute approximate surface area is 126 Å². The first-order valence-corrected chi connectivity index (χ1v) is 8.54. The quantitative estimate of drug-likeness (QED) is 0.811. The molecule has 5 nitrogen and oxygen atoms in total. The first kappa shape index (κ1) is 17.5. The summed E-state index contributed by atoms with van der Waals surface area (Å²) in [5, 5.41) is 9.16. The molecule has 1 aromatic rings. The Bertz CT molecular complexity index is 589. The second-order valence-electron chi connectivity index (χ2n) is 6.11. The highest BCUT2D eigenvalue weighted by molar-refractivity contribution is 7.92. The zero-order valence-electron chi connectivity index (χ0n) is 12.9. The highest BCUT2D eigenvalue weighted by Gasteiger charge is 2.29. The van der Waals surface area contributed by atoms with Gasteiger partial charge in [0.15, 0.2) is 0 Å². The van der Waals surface area contributed by atoms with Gasteiger partial charge in [-0.3, -0.25) is 9.52 Å². The molecule has 0 aromatic heterocycles. The van der Waals surface area contributed by atoms with Gasteiger partial charge in [-0.1, -0.05) is 26.0 Å². The fourth-order valence-corrected chi connectivity index (χ4v) is 3.08. The van der Waals surface area contributed by atoms with Crippen molar-refractivity contribution in [1.82, 2.24) is 0 Å². The summed E-state index contributed by atoms with van der Waals surface area (Å²) < 4.78 is 26.3. The zero-order valence-corrected chi connectivity index (χ0v) is 13.7. The van der Waals surface area contributed by atoms with Crippen LogP contribution in [0.2, 0.25) is 0 Å². The van der Waals surface area contributed by atoms with E-state index in [-0.39, 0.29) is 5.75 Å². The summed E-state index contributed by atoms with van der Waals surface area (Å²) in [5.74, 6) is -0.527. The number of carboxylic acids is 1. The molecular formula is C15H23NO4S. The van der Waals surface area contributed by atoms with Crippen molar-refractivity contribution in [2.45, 2.75) is 39.5 Å². The van der Waals surface area contributed by atoms with Crippen molar-refractivity contribution < 1.29 is 18.3 Å². The first-order chi connectivity index (χ1) is 9.54. The van der Waals surface area contributed by atoms with E-state index in [1.165, 1.54) is 0 Å². The van der Waals surface area contributed by atoms with Crippen molar-refractivity contribution in [3.8, 4) is 0 Å². The molecule has 0 unspecified atom stereocenters. The van der Waals surface area contributed by atoms with Crippen LogP contribution in [0, 0.1) is 5.92 Å². The van der Waals surface area contributed by atoms with Gasteiger partial charge in [0.05, 0.1) is 11.2 Å². The lowest BCUT2D eigenvalue weighted by molar-refractivity contribution is -0.142. The van der Waals surface area contributed by atoms with Crippen LogP contribution < -0.4 is 4.72 Å². The summed E-state index contributed by atoms with van der Waals surface area (Å²) in [5.41, 5.74) is 0.0681. The number of sulfonamides is 1. The number of anilines is 1. The van der Waals surface area contributed by atoms with Crippen molar-refractivity contribution in [1.29, 1.82) is 0 Å². The average Bonchev–Trinajstić information content (AvgIpc) is 2.36. The Morgan fingerprint density at radius 2 is 1.76 bits per heavy atom. The van der Waals surface area contributed by atoms with E-state index in [4.69, 9.17) is 5.11 Å². The van der Waals surface area contributed by atoms with E-state index in [0.717, 1.165) is 0 Å². The molecule has 0 heterocycles. The third-order valence-corrected chi connectivity index (χ3v) is 4.70. The van der Waals surface area contributed by atoms with E-state index >= 15 is 0 Å². The van der Waals surface area contributed by atoms with Gasteiger partial charge in [0.2, 0.25) is 10.0 Å². The molecule has 0 saturated heterocycles. The lowest BCUT2D eigenvalue weighted by atomic mass is 9.85. The van der Waals surface area contributed by atoms with Crippen molar-refractivity contribution in [2.75, 3.05) is 10.5 Å². The normalized spacial score (nSPS) is 12.4. The molecule has 0 aliphatic heterocycles. The predicted molar refractivity (Wildman–Crippen MR) is 84.0 cm³/mol.